The van der Waals surface area contributed by atoms with E-state index in [2.05, 4.69) is 10.0 Å². The van der Waals surface area contributed by atoms with Crippen LogP contribution in [-0.4, -0.2) is 39.9 Å². The molecule has 0 aliphatic rings. The van der Waals surface area contributed by atoms with E-state index < -0.39 is 10.2 Å². The van der Waals surface area contributed by atoms with Crippen LogP contribution in [0.5, 0.6) is 0 Å². The molecule has 0 amide bonds. The minimum atomic E-state index is -3.40. The van der Waals surface area contributed by atoms with Crippen molar-refractivity contribution in [2.24, 2.45) is 0 Å². The van der Waals surface area contributed by atoms with Crippen LogP contribution in [0, 0.1) is 0 Å². The molecule has 0 saturated heterocycles. The Hall–Kier alpha value is -0.470. The third-order valence-corrected chi connectivity index (χ3v) is 5.32. The summed E-state index contributed by atoms with van der Waals surface area (Å²) in [7, 11) is 0.0454. The van der Waals surface area contributed by atoms with E-state index in [1.165, 1.54) is 4.31 Å². The Morgan fingerprint density at radius 2 is 2.22 bits per heavy atom. The number of hydrogen-bond acceptors (Lipinski definition) is 4. The van der Waals surface area contributed by atoms with Gasteiger partial charge in [0.05, 0.1) is 6.04 Å². The van der Waals surface area contributed by atoms with Crippen LogP contribution in [0.3, 0.4) is 0 Å². The Labute approximate surface area is 113 Å². The second-order valence-electron chi connectivity index (χ2n) is 4.14. The molecule has 0 fully saturated rings. The Kier molecular flexibility index (Phi) is 6.24. The summed E-state index contributed by atoms with van der Waals surface area (Å²) >= 11 is 1.55. The lowest BCUT2D eigenvalue weighted by molar-refractivity contribution is 0.442. The molecule has 7 heteroatoms. The number of thiophene rings is 1. The topological polar surface area (TPSA) is 61.4 Å². The molecule has 0 spiro atoms. The van der Waals surface area contributed by atoms with Crippen molar-refractivity contribution in [2.45, 2.75) is 19.4 Å². The highest BCUT2D eigenvalue weighted by Gasteiger charge is 2.20. The van der Waals surface area contributed by atoms with Gasteiger partial charge >= 0.3 is 0 Å². The Bertz CT molecular complexity index is 431. The molecule has 104 valence electrons. The van der Waals surface area contributed by atoms with E-state index in [0.717, 1.165) is 17.8 Å². The van der Waals surface area contributed by atoms with Gasteiger partial charge in [0.2, 0.25) is 0 Å². The third-order valence-electron chi connectivity index (χ3n) is 2.61. The average molecular weight is 291 g/mol. The number of hydrogen-bond donors (Lipinski definition) is 2. The van der Waals surface area contributed by atoms with E-state index in [-0.39, 0.29) is 6.04 Å². The summed E-state index contributed by atoms with van der Waals surface area (Å²) < 4.78 is 28.1. The molecule has 2 N–H and O–H groups in total. The van der Waals surface area contributed by atoms with Gasteiger partial charge in [-0.3, -0.25) is 0 Å². The zero-order valence-corrected chi connectivity index (χ0v) is 12.6. The number of rotatable bonds is 8. The zero-order chi connectivity index (χ0) is 13.6. The predicted octanol–water partition coefficient (Wildman–Crippen LogP) is 1.18. The third kappa shape index (κ3) is 4.66. The van der Waals surface area contributed by atoms with Crippen LogP contribution >= 0.6 is 11.3 Å². The van der Waals surface area contributed by atoms with Crippen LogP contribution in [0.2, 0.25) is 0 Å². The summed E-state index contributed by atoms with van der Waals surface area (Å²) in [5.74, 6) is 0. The van der Waals surface area contributed by atoms with Crippen molar-refractivity contribution in [1.82, 2.24) is 14.3 Å². The number of nitrogens with one attached hydrogen (secondary N) is 2. The lowest BCUT2D eigenvalue weighted by Crippen LogP contribution is -2.40. The molecule has 0 saturated carbocycles. The van der Waals surface area contributed by atoms with E-state index in [1.807, 2.05) is 31.5 Å². The van der Waals surface area contributed by atoms with Gasteiger partial charge in [-0.15, -0.1) is 11.3 Å². The van der Waals surface area contributed by atoms with Crippen molar-refractivity contribution >= 4 is 21.5 Å². The number of nitrogens with zero attached hydrogens (tertiary/aromatic N) is 1. The van der Waals surface area contributed by atoms with Crippen molar-refractivity contribution < 1.29 is 8.42 Å². The van der Waals surface area contributed by atoms with Gasteiger partial charge in [-0.2, -0.15) is 17.4 Å². The summed E-state index contributed by atoms with van der Waals surface area (Å²) in [6.07, 6.45) is 0.793. The van der Waals surface area contributed by atoms with Gasteiger partial charge < -0.3 is 5.32 Å². The van der Waals surface area contributed by atoms with Gasteiger partial charge in [0.25, 0.3) is 10.2 Å². The first-order valence-electron chi connectivity index (χ1n) is 5.89. The van der Waals surface area contributed by atoms with Crippen LogP contribution in [0.15, 0.2) is 17.5 Å². The highest BCUT2D eigenvalue weighted by atomic mass is 32.2. The van der Waals surface area contributed by atoms with Gasteiger partial charge in [-0.25, -0.2) is 0 Å². The van der Waals surface area contributed by atoms with E-state index >= 15 is 0 Å². The van der Waals surface area contributed by atoms with Gasteiger partial charge in [-0.1, -0.05) is 6.07 Å². The summed E-state index contributed by atoms with van der Waals surface area (Å²) in [6.45, 7) is 3.17. The van der Waals surface area contributed by atoms with Gasteiger partial charge in [0.1, 0.15) is 0 Å². The molecule has 1 atom stereocenters. The molecule has 18 heavy (non-hydrogen) atoms. The molecule has 1 aromatic rings. The first-order valence-corrected chi connectivity index (χ1v) is 8.21. The minimum Gasteiger partial charge on any atom is -0.320 e. The summed E-state index contributed by atoms with van der Waals surface area (Å²) in [5.41, 5.74) is 0. The quantitative estimate of drug-likeness (QED) is 0.707. The highest BCUT2D eigenvalue weighted by molar-refractivity contribution is 7.87. The molecule has 0 aliphatic heterocycles. The Balaban J connectivity index is 2.53. The fraction of sp³-hybridized carbons (Fsp3) is 0.636. The average Bonchev–Trinajstić information content (AvgIpc) is 2.82. The summed E-state index contributed by atoms with van der Waals surface area (Å²) in [4.78, 5) is 1.02. The van der Waals surface area contributed by atoms with E-state index in [0.29, 0.717) is 6.54 Å². The first-order chi connectivity index (χ1) is 8.47. The largest absolute Gasteiger partial charge is 0.320 e. The van der Waals surface area contributed by atoms with Crippen LogP contribution in [-0.2, 0) is 10.2 Å². The van der Waals surface area contributed by atoms with Crippen molar-refractivity contribution in [1.29, 1.82) is 0 Å². The fourth-order valence-electron chi connectivity index (χ4n) is 1.51. The monoisotopic (exact) mass is 291 g/mol. The molecule has 1 unspecified atom stereocenters. The Morgan fingerprint density at radius 3 is 2.78 bits per heavy atom. The van der Waals surface area contributed by atoms with Crippen molar-refractivity contribution in [3.8, 4) is 0 Å². The van der Waals surface area contributed by atoms with Gasteiger partial charge in [0, 0.05) is 18.5 Å². The van der Waals surface area contributed by atoms with Gasteiger partial charge in [-0.05, 0) is 38.4 Å². The molecule has 1 aromatic heterocycles. The molecular formula is C11H21N3O2S2. The van der Waals surface area contributed by atoms with Crippen LogP contribution in [0.4, 0.5) is 0 Å². The standard InChI is InChI=1S/C11H21N3O2S2/c1-10(11-6-4-9-17-11)13-18(15,16)14(3)8-5-7-12-2/h4,6,9-10,12-13H,5,7-8H2,1-3H3. The zero-order valence-electron chi connectivity index (χ0n) is 11.0. The molecule has 1 heterocycles. The predicted molar refractivity (Wildman–Crippen MR) is 76.0 cm³/mol. The second kappa shape index (κ2) is 7.20. The minimum absolute atomic E-state index is 0.193. The summed E-state index contributed by atoms with van der Waals surface area (Å²) in [5, 5.41) is 4.94. The van der Waals surface area contributed by atoms with Crippen LogP contribution in [0.1, 0.15) is 24.3 Å². The van der Waals surface area contributed by atoms with Crippen molar-refractivity contribution in [3.63, 3.8) is 0 Å². The lowest BCUT2D eigenvalue weighted by Gasteiger charge is -2.20. The molecule has 0 aromatic carbocycles. The Morgan fingerprint density at radius 1 is 1.50 bits per heavy atom. The van der Waals surface area contributed by atoms with Crippen LogP contribution in [0.25, 0.3) is 0 Å². The smallest absolute Gasteiger partial charge is 0.279 e. The van der Waals surface area contributed by atoms with E-state index in [4.69, 9.17) is 0 Å². The normalized spacial score (nSPS) is 14.0. The maximum absolute atomic E-state index is 12.0. The maximum Gasteiger partial charge on any atom is 0.279 e. The van der Waals surface area contributed by atoms with Crippen molar-refractivity contribution in [2.75, 3.05) is 27.2 Å². The molecule has 0 aliphatic carbocycles. The molecule has 1 rings (SSSR count). The second-order valence-corrected chi connectivity index (χ2v) is 6.93. The van der Waals surface area contributed by atoms with Crippen molar-refractivity contribution in [3.05, 3.63) is 22.4 Å². The van der Waals surface area contributed by atoms with E-state index in [1.54, 1.807) is 18.4 Å². The lowest BCUT2D eigenvalue weighted by atomic mass is 10.3. The van der Waals surface area contributed by atoms with E-state index in [9.17, 15) is 8.42 Å². The molecule has 5 nitrogen and oxygen atoms in total. The SMILES string of the molecule is CNCCCN(C)S(=O)(=O)NC(C)c1cccs1. The molecule has 0 bridgehead atoms. The molecular weight excluding hydrogens is 270 g/mol. The highest BCUT2D eigenvalue weighted by Crippen LogP contribution is 2.19. The fourth-order valence-corrected chi connectivity index (χ4v) is 3.44. The van der Waals surface area contributed by atoms with Crippen LogP contribution < -0.4 is 10.0 Å². The molecule has 0 radical (unpaired) electrons. The maximum atomic E-state index is 12.0. The summed E-state index contributed by atoms with van der Waals surface area (Å²) in [6, 6.07) is 3.65. The first kappa shape index (κ1) is 15.6. The van der Waals surface area contributed by atoms with Gasteiger partial charge in [0.15, 0.2) is 0 Å².